The van der Waals surface area contributed by atoms with E-state index < -0.39 is 11.7 Å². The van der Waals surface area contributed by atoms with Gasteiger partial charge in [0.05, 0.1) is 40.6 Å². The predicted molar refractivity (Wildman–Crippen MR) is 100 cm³/mol. The van der Waals surface area contributed by atoms with Crippen LogP contribution in [0.3, 0.4) is 0 Å². The Hall–Kier alpha value is -3.48. The highest BCUT2D eigenvalue weighted by Crippen LogP contribution is 2.31. The Morgan fingerprint density at radius 2 is 1.85 bits per heavy atom. The number of primary amides is 1. The molecule has 2 N–H and O–H groups in total. The maximum atomic E-state index is 14.7. The first-order valence-corrected chi connectivity index (χ1v) is 8.34. The normalized spacial score (nSPS) is 11.3. The highest BCUT2D eigenvalue weighted by molar-refractivity contribution is 5.94. The van der Waals surface area contributed by atoms with Gasteiger partial charge in [-0.25, -0.2) is 14.4 Å². The lowest BCUT2D eigenvalue weighted by Gasteiger charge is -2.10. The van der Waals surface area contributed by atoms with Gasteiger partial charge in [-0.1, -0.05) is 0 Å². The van der Waals surface area contributed by atoms with E-state index >= 15 is 0 Å². The van der Waals surface area contributed by atoms with Gasteiger partial charge in [-0.15, -0.1) is 0 Å². The number of hydrogen-bond acceptors (Lipinski definition) is 4. The van der Waals surface area contributed by atoms with Gasteiger partial charge in [0.25, 0.3) is 0 Å². The topological polar surface area (TPSA) is 82.5 Å². The standard InChI is InChI=1S/C20H17FN4O2/c1-10-18-11(2)24-20(14-8-12(19(22)26)4-6-15(14)21)25(18)17-9-13(27-3)5-7-16(17)23-10/h4-9H,1-3H3,(H2,22,26). The van der Waals surface area contributed by atoms with Gasteiger partial charge in [-0.2, -0.15) is 0 Å². The summed E-state index contributed by atoms with van der Waals surface area (Å²) in [4.78, 5) is 20.8. The number of methoxy groups -OCH3 is 1. The second kappa shape index (κ2) is 6.05. The fourth-order valence-electron chi connectivity index (χ4n) is 3.36. The number of halogens is 1. The number of hydrogen-bond donors (Lipinski definition) is 1. The second-order valence-corrected chi connectivity index (χ2v) is 6.32. The molecular formula is C20H17FN4O2. The predicted octanol–water partition coefficient (Wildman–Crippen LogP) is 3.41. The van der Waals surface area contributed by atoms with E-state index in [1.165, 1.54) is 18.2 Å². The van der Waals surface area contributed by atoms with Crippen LogP contribution in [0.2, 0.25) is 0 Å². The van der Waals surface area contributed by atoms with Gasteiger partial charge in [-0.05, 0) is 44.2 Å². The number of nitrogens with zero attached hydrogens (tertiary/aromatic N) is 3. The fraction of sp³-hybridized carbons (Fsp3) is 0.150. The number of benzene rings is 2. The molecule has 27 heavy (non-hydrogen) atoms. The summed E-state index contributed by atoms with van der Waals surface area (Å²) in [5.74, 6) is -0.0828. The zero-order chi connectivity index (χ0) is 19.3. The zero-order valence-electron chi connectivity index (χ0n) is 15.1. The first kappa shape index (κ1) is 17.0. The Bertz CT molecular complexity index is 1230. The van der Waals surface area contributed by atoms with Crippen LogP contribution >= 0.6 is 0 Å². The van der Waals surface area contributed by atoms with Gasteiger partial charge in [-0.3, -0.25) is 9.20 Å². The minimum Gasteiger partial charge on any atom is -0.497 e. The molecule has 4 rings (SSSR count). The van der Waals surface area contributed by atoms with Gasteiger partial charge in [0.15, 0.2) is 0 Å². The van der Waals surface area contributed by atoms with Gasteiger partial charge in [0.1, 0.15) is 17.4 Å². The van der Waals surface area contributed by atoms with Crippen molar-refractivity contribution in [1.29, 1.82) is 0 Å². The average Bonchev–Trinajstić information content (AvgIpc) is 3.00. The minimum absolute atomic E-state index is 0.198. The molecule has 6 nitrogen and oxygen atoms in total. The summed E-state index contributed by atoms with van der Waals surface area (Å²) in [6.45, 7) is 3.73. The van der Waals surface area contributed by atoms with E-state index in [1.54, 1.807) is 7.11 Å². The van der Waals surface area contributed by atoms with Crippen molar-refractivity contribution in [3.63, 3.8) is 0 Å². The number of fused-ring (bicyclic) bond motifs is 3. The third kappa shape index (κ3) is 2.59. The molecule has 0 unspecified atom stereocenters. The van der Waals surface area contributed by atoms with Gasteiger partial charge >= 0.3 is 0 Å². The first-order valence-electron chi connectivity index (χ1n) is 8.34. The van der Waals surface area contributed by atoms with Crippen LogP contribution in [0, 0.1) is 19.7 Å². The quantitative estimate of drug-likeness (QED) is 0.604. The summed E-state index contributed by atoms with van der Waals surface area (Å²) in [6, 6.07) is 9.50. The largest absolute Gasteiger partial charge is 0.497 e. The van der Waals surface area contributed by atoms with E-state index in [9.17, 15) is 9.18 Å². The van der Waals surface area contributed by atoms with Gasteiger partial charge in [0, 0.05) is 11.6 Å². The summed E-state index contributed by atoms with van der Waals surface area (Å²) >= 11 is 0. The van der Waals surface area contributed by atoms with Crippen molar-refractivity contribution in [2.45, 2.75) is 13.8 Å². The van der Waals surface area contributed by atoms with Gasteiger partial charge < -0.3 is 10.5 Å². The highest BCUT2D eigenvalue weighted by atomic mass is 19.1. The molecule has 2 aromatic carbocycles. The highest BCUT2D eigenvalue weighted by Gasteiger charge is 2.20. The molecule has 0 fully saturated rings. The van der Waals surface area contributed by atoms with Crippen LogP contribution in [-0.2, 0) is 0 Å². The maximum absolute atomic E-state index is 14.7. The molecule has 0 spiro atoms. The molecule has 0 aliphatic heterocycles. The molecule has 0 aliphatic rings. The first-order chi connectivity index (χ1) is 12.9. The molecule has 0 radical (unpaired) electrons. The van der Waals surface area contributed by atoms with Crippen molar-refractivity contribution < 1.29 is 13.9 Å². The Morgan fingerprint density at radius 3 is 2.56 bits per heavy atom. The fourth-order valence-corrected chi connectivity index (χ4v) is 3.36. The number of carbonyl (C=O) groups excluding carboxylic acids is 1. The molecule has 2 aromatic heterocycles. The lowest BCUT2D eigenvalue weighted by atomic mass is 10.1. The number of ether oxygens (including phenoxy) is 1. The summed E-state index contributed by atoms with van der Waals surface area (Å²) in [5, 5.41) is 0. The Morgan fingerprint density at radius 1 is 1.11 bits per heavy atom. The molecule has 0 atom stereocenters. The van der Waals surface area contributed by atoms with Crippen molar-refractivity contribution in [2.24, 2.45) is 5.73 Å². The van der Waals surface area contributed by atoms with E-state index in [0.29, 0.717) is 17.3 Å². The van der Waals surface area contributed by atoms with Crippen molar-refractivity contribution in [2.75, 3.05) is 7.11 Å². The lowest BCUT2D eigenvalue weighted by molar-refractivity contribution is 0.100. The van der Waals surface area contributed by atoms with Crippen LogP contribution in [0.4, 0.5) is 4.39 Å². The summed E-state index contributed by atoms with van der Waals surface area (Å²) in [5.41, 5.74) is 9.51. The molecule has 0 saturated carbocycles. The molecule has 2 heterocycles. The molecular weight excluding hydrogens is 347 g/mol. The van der Waals surface area contributed by atoms with Crippen molar-refractivity contribution in [3.05, 3.63) is 59.2 Å². The van der Waals surface area contributed by atoms with Crippen LogP contribution in [0.5, 0.6) is 5.75 Å². The maximum Gasteiger partial charge on any atom is 0.248 e. The number of imidazole rings is 1. The van der Waals surface area contributed by atoms with Crippen LogP contribution in [0.1, 0.15) is 21.7 Å². The van der Waals surface area contributed by atoms with Crippen LogP contribution < -0.4 is 10.5 Å². The van der Waals surface area contributed by atoms with Crippen LogP contribution in [0.15, 0.2) is 36.4 Å². The number of aryl methyl sites for hydroxylation is 2. The molecule has 1 amide bonds. The average molecular weight is 364 g/mol. The number of carbonyl (C=O) groups is 1. The Balaban J connectivity index is 2.16. The Kier molecular flexibility index (Phi) is 3.80. The third-order valence-corrected chi connectivity index (χ3v) is 4.60. The number of nitrogens with two attached hydrogens (primary N) is 1. The lowest BCUT2D eigenvalue weighted by Crippen LogP contribution is -2.11. The van der Waals surface area contributed by atoms with E-state index in [2.05, 4.69) is 9.97 Å². The smallest absolute Gasteiger partial charge is 0.248 e. The molecule has 136 valence electrons. The molecule has 0 bridgehead atoms. The number of amides is 1. The van der Waals surface area contributed by atoms with Crippen molar-refractivity contribution in [1.82, 2.24) is 14.4 Å². The van der Waals surface area contributed by atoms with Crippen LogP contribution in [0.25, 0.3) is 27.9 Å². The van der Waals surface area contributed by atoms with Crippen LogP contribution in [-0.4, -0.2) is 27.4 Å². The zero-order valence-corrected chi connectivity index (χ0v) is 15.1. The Labute approximate surface area is 154 Å². The van der Waals surface area contributed by atoms with Crippen molar-refractivity contribution >= 4 is 22.5 Å². The minimum atomic E-state index is -0.627. The summed E-state index contributed by atoms with van der Waals surface area (Å²) < 4.78 is 21.8. The molecule has 7 heteroatoms. The number of aromatic nitrogens is 3. The SMILES string of the molecule is COc1ccc2nc(C)c3c(C)nc(-c4cc(C(N)=O)ccc4F)n3c2c1. The monoisotopic (exact) mass is 364 g/mol. The van der Waals surface area contributed by atoms with Gasteiger partial charge in [0.2, 0.25) is 5.91 Å². The van der Waals surface area contributed by atoms with E-state index in [0.717, 1.165) is 22.2 Å². The van der Waals surface area contributed by atoms with E-state index in [4.69, 9.17) is 10.5 Å². The molecule has 4 aromatic rings. The second-order valence-electron chi connectivity index (χ2n) is 6.32. The molecule has 0 aliphatic carbocycles. The number of rotatable bonds is 3. The van der Waals surface area contributed by atoms with Crippen molar-refractivity contribution in [3.8, 4) is 17.1 Å². The summed E-state index contributed by atoms with van der Waals surface area (Å²) in [7, 11) is 1.58. The summed E-state index contributed by atoms with van der Waals surface area (Å²) in [6.07, 6.45) is 0. The van der Waals surface area contributed by atoms with E-state index in [-0.39, 0.29) is 11.1 Å². The molecule has 0 saturated heterocycles. The third-order valence-electron chi connectivity index (χ3n) is 4.60. The van der Waals surface area contributed by atoms with E-state index in [1.807, 2.05) is 36.4 Å².